The molecule has 1 fully saturated rings. The third kappa shape index (κ3) is 2.42. The highest BCUT2D eigenvalue weighted by Crippen LogP contribution is 2.24. The lowest BCUT2D eigenvalue weighted by Crippen LogP contribution is -2.64. The molecule has 0 bridgehead atoms. The van der Waals surface area contributed by atoms with Crippen molar-refractivity contribution in [3.8, 4) is 0 Å². The SMILES string of the molecule is CC(C)C1NC(=O)C(C)N(c2cnn(C(C)C)c2)C1=O. The van der Waals surface area contributed by atoms with Crippen molar-refractivity contribution in [1.82, 2.24) is 15.1 Å². The molecule has 1 saturated heterocycles. The smallest absolute Gasteiger partial charge is 0.250 e. The van der Waals surface area contributed by atoms with E-state index in [9.17, 15) is 9.59 Å². The van der Waals surface area contributed by atoms with Gasteiger partial charge in [-0.1, -0.05) is 13.8 Å². The van der Waals surface area contributed by atoms with Gasteiger partial charge in [-0.25, -0.2) is 0 Å². The maximum Gasteiger partial charge on any atom is 0.250 e. The van der Waals surface area contributed by atoms with E-state index in [1.54, 1.807) is 22.7 Å². The first kappa shape index (κ1) is 14.6. The number of carbonyl (C=O) groups is 2. The van der Waals surface area contributed by atoms with Crippen LogP contribution in [-0.2, 0) is 9.59 Å². The summed E-state index contributed by atoms with van der Waals surface area (Å²) in [7, 11) is 0. The van der Waals surface area contributed by atoms with Crippen molar-refractivity contribution in [3.63, 3.8) is 0 Å². The molecule has 2 amide bonds. The lowest BCUT2D eigenvalue weighted by molar-refractivity contribution is -0.134. The van der Waals surface area contributed by atoms with Crippen molar-refractivity contribution < 1.29 is 9.59 Å². The molecule has 2 rings (SSSR count). The molecule has 110 valence electrons. The summed E-state index contributed by atoms with van der Waals surface area (Å²) in [5.74, 6) is -0.141. The second kappa shape index (κ2) is 5.26. The zero-order chi connectivity index (χ0) is 15.0. The zero-order valence-electron chi connectivity index (χ0n) is 12.6. The monoisotopic (exact) mass is 278 g/mol. The Bertz CT molecular complexity index is 521. The first-order chi connectivity index (χ1) is 9.32. The van der Waals surface area contributed by atoms with Gasteiger partial charge in [0, 0.05) is 12.2 Å². The van der Waals surface area contributed by atoms with Crippen LogP contribution in [-0.4, -0.2) is 33.7 Å². The largest absolute Gasteiger partial charge is 0.342 e. The lowest BCUT2D eigenvalue weighted by Gasteiger charge is -2.38. The van der Waals surface area contributed by atoms with Crippen LogP contribution in [0.25, 0.3) is 0 Å². The van der Waals surface area contributed by atoms with Gasteiger partial charge in [-0.05, 0) is 26.7 Å². The van der Waals surface area contributed by atoms with Crippen molar-refractivity contribution in [2.24, 2.45) is 5.92 Å². The van der Waals surface area contributed by atoms with Gasteiger partial charge in [0.1, 0.15) is 12.1 Å². The zero-order valence-corrected chi connectivity index (χ0v) is 12.6. The van der Waals surface area contributed by atoms with Gasteiger partial charge in [0.15, 0.2) is 0 Å². The van der Waals surface area contributed by atoms with Crippen LogP contribution >= 0.6 is 0 Å². The topological polar surface area (TPSA) is 67.2 Å². The van der Waals surface area contributed by atoms with Crippen molar-refractivity contribution in [3.05, 3.63) is 12.4 Å². The second-order valence-corrected chi connectivity index (χ2v) is 5.89. The minimum atomic E-state index is -0.512. The Morgan fingerprint density at radius 2 is 1.90 bits per heavy atom. The van der Waals surface area contributed by atoms with Crippen molar-refractivity contribution in [2.45, 2.75) is 52.7 Å². The third-order valence-electron chi connectivity index (χ3n) is 3.63. The number of rotatable bonds is 3. The predicted octanol–water partition coefficient (Wildman–Crippen LogP) is 1.34. The summed E-state index contributed by atoms with van der Waals surface area (Å²) >= 11 is 0. The fraction of sp³-hybridized carbons (Fsp3) is 0.643. The van der Waals surface area contributed by atoms with Gasteiger partial charge in [-0.15, -0.1) is 0 Å². The van der Waals surface area contributed by atoms with Gasteiger partial charge in [-0.3, -0.25) is 19.2 Å². The molecular weight excluding hydrogens is 256 g/mol. The quantitative estimate of drug-likeness (QED) is 0.907. The molecule has 1 aromatic rings. The van der Waals surface area contributed by atoms with Crippen LogP contribution in [0, 0.1) is 5.92 Å². The molecule has 2 atom stereocenters. The Labute approximate surface area is 119 Å². The molecule has 0 aromatic carbocycles. The minimum Gasteiger partial charge on any atom is -0.342 e. The summed E-state index contributed by atoms with van der Waals surface area (Å²) in [6.07, 6.45) is 3.46. The fourth-order valence-electron chi connectivity index (χ4n) is 2.33. The van der Waals surface area contributed by atoms with Gasteiger partial charge in [-0.2, -0.15) is 5.10 Å². The normalized spacial score (nSPS) is 23.6. The third-order valence-corrected chi connectivity index (χ3v) is 3.63. The summed E-state index contributed by atoms with van der Waals surface area (Å²) in [6.45, 7) is 9.61. The van der Waals surface area contributed by atoms with E-state index in [1.165, 1.54) is 0 Å². The number of amides is 2. The maximum atomic E-state index is 12.6. The average molecular weight is 278 g/mol. The second-order valence-electron chi connectivity index (χ2n) is 5.89. The summed E-state index contributed by atoms with van der Waals surface area (Å²) in [5, 5.41) is 7.03. The number of nitrogens with one attached hydrogen (secondary N) is 1. The van der Waals surface area contributed by atoms with Gasteiger partial charge < -0.3 is 5.32 Å². The molecule has 2 heterocycles. The summed E-state index contributed by atoms with van der Waals surface area (Å²) in [6, 6.07) is -0.767. The molecule has 6 nitrogen and oxygen atoms in total. The Morgan fingerprint density at radius 1 is 1.25 bits per heavy atom. The summed E-state index contributed by atoms with van der Waals surface area (Å²) in [4.78, 5) is 26.2. The van der Waals surface area contributed by atoms with Gasteiger partial charge in [0.2, 0.25) is 5.91 Å². The molecule has 0 saturated carbocycles. The standard InChI is InChI=1S/C14H22N4O2/c1-8(2)12-14(20)18(10(5)13(19)16-12)11-6-15-17(7-11)9(3)4/h6-10,12H,1-5H3,(H,16,19). The number of piperazine rings is 1. The number of carbonyl (C=O) groups excluding carboxylic acids is 2. The van der Waals surface area contributed by atoms with E-state index in [1.807, 2.05) is 33.9 Å². The molecule has 1 aromatic heterocycles. The Hall–Kier alpha value is -1.85. The highest BCUT2D eigenvalue weighted by atomic mass is 16.2. The van der Waals surface area contributed by atoms with Crippen LogP contribution < -0.4 is 10.2 Å². The first-order valence-corrected chi connectivity index (χ1v) is 7.00. The van der Waals surface area contributed by atoms with Gasteiger partial charge in [0.05, 0.1) is 11.9 Å². The number of nitrogens with zero attached hydrogens (tertiary/aromatic N) is 3. The van der Waals surface area contributed by atoms with Gasteiger partial charge >= 0.3 is 0 Å². The minimum absolute atomic E-state index is 0.0570. The van der Waals surface area contributed by atoms with E-state index in [4.69, 9.17) is 0 Å². The fourth-order valence-corrected chi connectivity index (χ4v) is 2.33. The predicted molar refractivity (Wildman–Crippen MR) is 76.3 cm³/mol. The number of aromatic nitrogens is 2. The highest BCUT2D eigenvalue weighted by Gasteiger charge is 2.40. The van der Waals surface area contributed by atoms with Crippen molar-refractivity contribution in [1.29, 1.82) is 0 Å². The van der Waals surface area contributed by atoms with Crippen LogP contribution in [0.4, 0.5) is 5.69 Å². The Kier molecular flexibility index (Phi) is 3.83. The molecular formula is C14H22N4O2. The molecule has 0 aliphatic carbocycles. The van der Waals surface area contributed by atoms with E-state index >= 15 is 0 Å². The van der Waals surface area contributed by atoms with Gasteiger partial charge in [0.25, 0.3) is 5.91 Å². The van der Waals surface area contributed by atoms with E-state index in [0.29, 0.717) is 5.69 Å². The van der Waals surface area contributed by atoms with Crippen LogP contribution in [0.1, 0.15) is 40.7 Å². The highest BCUT2D eigenvalue weighted by molar-refractivity contribution is 6.08. The summed E-state index contributed by atoms with van der Waals surface area (Å²) < 4.78 is 1.78. The molecule has 1 N–H and O–H groups in total. The molecule has 0 spiro atoms. The van der Waals surface area contributed by atoms with Crippen molar-refractivity contribution >= 4 is 17.5 Å². The molecule has 2 unspecified atom stereocenters. The van der Waals surface area contributed by atoms with E-state index in [2.05, 4.69) is 10.4 Å². The van der Waals surface area contributed by atoms with Crippen LogP contribution in [0.5, 0.6) is 0 Å². The average Bonchev–Trinajstić information content (AvgIpc) is 2.83. The molecule has 0 radical (unpaired) electrons. The van der Waals surface area contributed by atoms with E-state index in [-0.39, 0.29) is 23.8 Å². The Morgan fingerprint density at radius 3 is 2.40 bits per heavy atom. The number of hydrogen-bond acceptors (Lipinski definition) is 3. The Balaban J connectivity index is 2.35. The van der Waals surface area contributed by atoms with Crippen LogP contribution in [0.15, 0.2) is 12.4 Å². The maximum absolute atomic E-state index is 12.6. The summed E-state index contributed by atoms with van der Waals surface area (Å²) in [5.41, 5.74) is 0.678. The van der Waals surface area contributed by atoms with E-state index in [0.717, 1.165) is 0 Å². The molecule has 6 heteroatoms. The van der Waals surface area contributed by atoms with Crippen LogP contribution in [0.3, 0.4) is 0 Å². The molecule has 20 heavy (non-hydrogen) atoms. The lowest BCUT2D eigenvalue weighted by atomic mass is 9.98. The number of anilines is 1. The van der Waals surface area contributed by atoms with Crippen LogP contribution in [0.2, 0.25) is 0 Å². The first-order valence-electron chi connectivity index (χ1n) is 7.00. The van der Waals surface area contributed by atoms with E-state index < -0.39 is 12.1 Å². The number of hydrogen-bond donors (Lipinski definition) is 1. The molecule has 1 aliphatic rings. The molecule has 1 aliphatic heterocycles. The van der Waals surface area contributed by atoms with Crippen molar-refractivity contribution in [2.75, 3.05) is 4.90 Å².